The maximum atomic E-state index is 12.4. The van der Waals surface area contributed by atoms with Crippen LogP contribution < -0.4 is 5.32 Å². The van der Waals surface area contributed by atoms with Gasteiger partial charge in [-0.1, -0.05) is 60.7 Å². The predicted molar refractivity (Wildman–Crippen MR) is 96.7 cm³/mol. The molecule has 5 heteroatoms. The minimum absolute atomic E-state index is 0.0527. The number of nitrogens with one attached hydrogen (secondary N) is 1. The third kappa shape index (κ3) is 5.28. The van der Waals surface area contributed by atoms with Gasteiger partial charge in [0.1, 0.15) is 0 Å². The maximum Gasteiger partial charge on any atom is 0.220 e. The summed E-state index contributed by atoms with van der Waals surface area (Å²) in [5.41, 5.74) is 2.31. The standard InChI is InChI=1S/C20H22N4O/c25-20(13-7-10-17-8-3-1-4-9-17)23-19(16-24-21-14-15-22-24)18-11-5-2-6-12-18/h1-6,8-9,11-12,14-15,19H,7,10,13,16H2,(H,23,25). The van der Waals surface area contributed by atoms with Crippen molar-refractivity contribution in [1.29, 1.82) is 0 Å². The average Bonchev–Trinajstić information content (AvgIpc) is 3.16. The number of hydrogen-bond acceptors (Lipinski definition) is 3. The molecule has 128 valence electrons. The van der Waals surface area contributed by atoms with E-state index in [2.05, 4.69) is 27.6 Å². The van der Waals surface area contributed by atoms with Crippen molar-refractivity contribution in [2.45, 2.75) is 31.8 Å². The molecular weight excluding hydrogens is 312 g/mol. The number of carbonyl (C=O) groups excluding carboxylic acids is 1. The zero-order valence-electron chi connectivity index (χ0n) is 14.1. The highest BCUT2D eigenvalue weighted by atomic mass is 16.1. The number of benzene rings is 2. The summed E-state index contributed by atoms with van der Waals surface area (Å²) in [6.45, 7) is 0.515. The van der Waals surface area contributed by atoms with Gasteiger partial charge in [0.15, 0.2) is 0 Å². The molecule has 2 aromatic carbocycles. The maximum absolute atomic E-state index is 12.4. The highest BCUT2D eigenvalue weighted by molar-refractivity contribution is 5.76. The zero-order valence-corrected chi connectivity index (χ0v) is 14.1. The predicted octanol–water partition coefficient (Wildman–Crippen LogP) is 3.16. The van der Waals surface area contributed by atoms with Gasteiger partial charge in [0.25, 0.3) is 0 Å². The number of carbonyl (C=O) groups is 1. The number of aryl methyl sites for hydroxylation is 1. The van der Waals surface area contributed by atoms with Crippen molar-refractivity contribution in [1.82, 2.24) is 20.3 Å². The minimum atomic E-state index is -0.141. The number of aromatic nitrogens is 3. The molecule has 1 unspecified atom stereocenters. The number of hydrogen-bond donors (Lipinski definition) is 1. The Labute approximate surface area is 147 Å². The van der Waals surface area contributed by atoms with Gasteiger partial charge in [-0.15, -0.1) is 0 Å². The summed E-state index contributed by atoms with van der Waals surface area (Å²) in [5, 5.41) is 11.4. The summed E-state index contributed by atoms with van der Waals surface area (Å²) in [6, 6.07) is 20.0. The first-order valence-corrected chi connectivity index (χ1v) is 8.53. The van der Waals surface area contributed by atoms with Crippen LogP contribution in [0.4, 0.5) is 0 Å². The van der Waals surface area contributed by atoms with E-state index in [0.717, 1.165) is 18.4 Å². The molecule has 3 rings (SSSR count). The fourth-order valence-corrected chi connectivity index (χ4v) is 2.78. The normalized spacial score (nSPS) is 11.8. The summed E-state index contributed by atoms with van der Waals surface area (Å²) >= 11 is 0. The topological polar surface area (TPSA) is 59.8 Å². The van der Waals surface area contributed by atoms with Crippen LogP contribution in [0.5, 0.6) is 0 Å². The Hall–Kier alpha value is -2.95. The van der Waals surface area contributed by atoms with Gasteiger partial charge in [-0.3, -0.25) is 4.79 Å². The second-order valence-corrected chi connectivity index (χ2v) is 5.95. The van der Waals surface area contributed by atoms with E-state index in [9.17, 15) is 4.79 Å². The van der Waals surface area contributed by atoms with Crippen molar-refractivity contribution < 1.29 is 4.79 Å². The molecule has 0 aliphatic heterocycles. The van der Waals surface area contributed by atoms with E-state index < -0.39 is 0 Å². The molecular formula is C20H22N4O. The third-order valence-electron chi connectivity index (χ3n) is 4.06. The minimum Gasteiger partial charge on any atom is -0.347 e. The highest BCUT2D eigenvalue weighted by Crippen LogP contribution is 2.15. The molecule has 0 aliphatic carbocycles. The third-order valence-corrected chi connectivity index (χ3v) is 4.06. The number of nitrogens with zero attached hydrogens (tertiary/aromatic N) is 3. The lowest BCUT2D eigenvalue weighted by molar-refractivity contribution is -0.122. The van der Waals surface area contributed by atoms with Crippen molar-refractivity contribution in [3.8, 4) is 0 Å². The number of rotatable bonds is 8. The quantitative estimate of drug-likeness (QED) is 0.688. The largest absolute Gasteiger partial charge is 0.347 e. The number of amides is 1. The molecule has 0 saturated carbocycles. The smallest absolute Gasteiger partial charge is 0.220 e. The molecule has 3 aromatic rings. The van der Waals surface area contributed by atoms with E-state index in [1.807, 2.05) is 48.5 Å². The lowest BCUT2D eigenvalue weighted by atomic mass is 10.1. The summed E-state index contributed by atoms with van der Waals surface area (Å²) in [7, 11) is 0. The van der Waals surface area contributed by atoms with Crippen molar-refractivity contribution in [2.75, 3.05) is 0 Å². The molecule has 1 aromatic heterocycles. The second kappa shape index (κ2) is 8.78. The zero-order chi connectivity index (χ0) is 17.3. The molecule has 1 atom stereocenters. The molecule has 1 amide bonds. The van der Waals surface area contributed by atoms with E-state index in [1.54, 1.807) is 17.2 Å². The van der Waals surface area contributed by atoms with Crippen LogP contribution in [-0.4, -0.2) is 20.9 Å². The fourth-order valence-electron chi connectivity index (χ4n) is 2.78. The summed E-state index contributed by atoms with van der Waals surface area (Å²) in [5.74, 6) is 0.0527. The van der Waals surface area contributed by atoms with Crippen LogP contribution in [0.15, 0.2) is 73.1 Å². The molecule has 0 radical (unpaired) electrons. The van der Waals surface area contributed by atoms with Crippen molar-refractivity contribution in [3.05, 3.63) is 84.2 Å². The van der Waals surface area contributed by atoms with Gasteiger partial charge in [0.2, 0.25) is 5.91 Å². The summed E-state index contributed by atoms with van der Waals surface area (Å²) in [4.78, 5) is 14.0. The highest BCUT2D eigenvalue weighted by Gasteiger charge is 2.15. The summed E-state index contributed by atoms with van der Waals surface area (Å²) in [6.07, 6.45) is 5.53. The fraction of sp³-hybridized carbons (Fsp3) is 0.250. The average molecular weight is 334 g/mol. The first kappa shape index (κ1) is 16.9. The van der Waals surface area contributed by atoms with E-state index in [0.29, 0.717) is 13.0 Å². The molecule has 0 saturated heterocycles. The molecule has 1 heterocycles. The van der Waals surface area contributed by atoms with E-state index in [-0.39, 0.29) is 11.9 Å². The van der Waals surface area contributed by atoms with E-state index in [1.165, 1.54) is 5.56 Å². The lowest BCUT2D eigenvalue weighted by Gasteiger charge is -2.19. The molecule has 0 bridgehead atoms. The van der Waals surface area contributed by atoms with Crippen LogP contribution in [0, 0.1) is 0 Å². The first-order chi connectivity index (χ1) is 12.3. The van der Waals surface area contributed by atoms with E-state index >= 15 is 0 Å². The van der Waals surface area contributed by atoms with Gasteiger partial charge >= 0.3 is 0 Å². The van der Waals surface area contributed by atoms with Gasteiger partial charge in [-0.25, -0.2) is 0 Å². The van der Waals surface area contributed by atoms with Crippen molar-refractivity contribution in [2.24, 2.45) is 0 Å². The monoisotopic (exact) mass is 334 g/mol. The Morgan fingerprint density at radius 2 is 1.60 bits per heavy atom. The van der Waals surface area contributed by atoms with Crippen LogP contribution in [0.3, 0.4) is 0 Å². The van der Waals surface area contributed by atoms with Crippen molar-refractivity contribution in [3.63, 3.8) is 0 Å². The Balaban J connectivity index is 1.56. The Morgan fingerprint density at radius 3 is 2.28 bits per heavy atom. The van der Waals surface area contributed by atoms with Gasteiger partial charge in [-0.05, 0) is 24.0 Å². The van der Waals surface area contributed by atoms with E-state index in [4.69, 9.17) is 0 Å². The first-order valence-electron chi connectivity index (χ1n) is 8.53. The van der Waals surface area contributed by atoms with Gasteiger partial charge < -0.3 is 5.32 Å². The Bertz CT molecular complexity index is 757. The van der Waals surface area contributed by atoms with Crippen LogP contribution in [0.2, 0.25) is 0 Å². The lowest BCUT2D eigenvalue weighted by Crippen LogP contribution is -2.31. The van der Waals surface area contributed by atoms with Gasteiger partial charge in [0.05, 0.1) is 25.0 Å². The van der Waals surface area contributed by atoms with Crippen LogP contribution in [-0.2, 0) is 17.8 Å². The van der Waals surface area contributed by atoms with Gasteiger partial charge in [-0.2, -0.15) is 15.0 Å². The molecule has 5 nitrogen and oxygen atoms in total. The Kier molecular flexibility index (Phi) is 5.93. The SMILES string of the molecule is O=C(CCCc1ccccc1)NC(Cn1nccn1)c1ccccc1. The second-order valence-electron chi connectivity index (χ2n) is 5.95. The van der Waals surface area contributed by atoms with Crippen LogP contribution in [0.1, 0.15) is 30.0 Å². The molecule has 25 heavy (non-hydrogen) atoms. The van der Waals surface area contributed by atoms with Crippen LogP contribution >= 0.6 is 0 Å². The van der Waals surface area contributed by atoms with Crippen LogP contribution in [0.25, 0.3) is 0 Å². The molecule has 1 N–H and O–H groups in total. The Morgan fingerprint density at radius 1 is 0.960 bits per heavy atom. The van der Waals surface area contributed by atoms with Crippen molar-refractivity contribution >= 4 is 5.91 Å². The summed E-state index contributed by atoms with van der Waals surface area (Å²) < 4.78 is 0. The molecule has 0 spiro atoms. The molecule has 0 fully saturated rings. The molecule has 0 aliphatic rings. The van der Waals surface area contributed by atoms with Gasteiger partial charge in [0, 0.05) is 6.42 Å².